The van der Waals surface area contributed by atoms with Gasteiger partial charge in [0.2, 0.25) is 5.91 Å². The summed E-state index contributed by atoms with van der Waals surface area (Å²) >= 11 is 12.0. The van der Waals surface area contributed by atoms with Gasteiger partial charge in [0.15, 0.2) is 6.61 Å². The van der Waals surface area contributed by atoms with Crippen molar-refractivity contribution in [3.63, 3.8) is 0 Å². The van der Waals surface area contributed by atoms with Crippen LogP contribution in [0.3, 0.4) is 0 Å². The van der Waals surface area contributed by atoms with Crippen molar-refractivity contribution in [2.24, 2.45) is 0 Å². The van der Waals surface area contributed by atoms with Gasteiger partial charge in [-0.25, -0.2) is 0 Å². The second-order valence-electron chi connectivity index (χ2n) is 8.39. The summed E-state index contributed by atoms with van der Waals surface area (Å²) in [5, 5.41) is 14.1. The predicted molar refractivity (Wildman–Crippen MR) is 130 cm³/mol. The molecule has 182 valence electrons. The van der Waals surface area contributed by atoms with E-state index in [1.807, 2.05) is 6.07 Å². The molecule has 34 heavy (non-hydrogen) atoms. The Hall–Kier alpha value is -2.52. The number of carbonyl (C=O) groups is 2. The second-order valence-corrected chi connectivity index (χ2v) is 9.20. The fourth-order valence-electron chi connectivity index (χ4n) is 4.07. The van der Waals surface area contributed by atoms with E-state index in [0.717, 1.165) is 25.9 Å². The molecule has 0 aliphatic carbocycles. The number of piperidine rings is 1. The first-order valence-electron chi connectivity index (χ1n) is 11.2. The Bertz CT molecular complexity index is 1030. The first-order valence-corrected chi connectivity index (χ1v) is 12.0. The first kappa shape index (κ1) is 24.6. The molecule has 0 unspecified atom stereocenters. The Kier molecular flexibility index (Phi) is 8.15. The van der Waals surface area contributed by atoms with E-state index in [1.165, 1.54) is 4.90 Å². The molecule has 2 aliphatic heterocycles. The molecule has 8 nitrogen and oxygen atoms in total. The Morgan fingerprint density at radius 3 is 2.71 bits per heavy atom. The molecule has 2 N–H and O–H groups in total. The molecule has 10 heteroatoms. The van der Waals surface area contributed by atoms with E-state index in [4.69, 9.17) is 32.7 Å². The third-order valence-electron chi connectivity index (χ3n) is 5.84. The van der Waals surface area contributed by atoms with Gasteiger partial charge in [0.05, 0.1) is 21.8 Å². The maximum atomic E-state index is 12.4. The lowest BCUT2D eigenvalue weighted by Gasteiger charge is -2.33. The van der Waals surface area contributed by atoms with Gasteiger partial charge in [-0.1, -0.05) is 35.3 Å². The molecular weight excluding hydrogens is 481 g/mol. The molecule has 2 aromatic carbocycles. The van der Waals surface area contributed by atoms with E-state index < -0.39 is 6.10 Å². The monoisotopic (exact) mass is 507 g/mol. The number of aliphatic hydroxyl groups excluding tert-OH is 1. The number of likely N-dealkylation sites (tertiary alicyclic amines) is 1. The van der Waals surface area contributed by atoms with E-state index in [0.29, 0.717) is 33.8 Å². The van der Waals surface area contributed by atoms with Crippen molar-refractivity contribution in [1.82, 2.24) is 10.2 Å². The number of anilines is 1. The standard InChI is InChI=1S/C24H27Cl2N3O5/c25-19-6-5-18(11-20(19)26)34-17-7-9-28(10-8-17)13-16(30)12-27-23(31)14-29-21-3-1-2-4-22(21)33-15-24(29)32/h1-6,11,16-17,30H,7-10,12-15H2,(H,27,31)/t16-/m1/s1. The summed E-state index contributed by atoms with van der Waals surface area (Å²) in [6.07, 6.45) is 0.985. The Morgan fingerprint density at radius 1 is 1.18 bits per heavy atom. The van der Waals surface area contributed by atoms with Crippen molar-refractivity contribution in [1.29, 1.82) is 0 Å². The molecule has 0 spiro atoms. The normalized spacial score (nSPS) is 17.6. The smallest absolute Gasteiger partial charge is 0.265 e. The maximum Gasteiger partial charge on any atom is 0.265 e. The number of nitrogens with zero attached hydrogens (tertiary/aromatic N) is 2. The number of benzene rings is 2. The van der Waals surface area contributed by atoms with Crippen LogP contribution in [0.25, 0.3) is 0 Å². The van der Waals surface area contributed by atoms with Gasteiger partial charge in [0.1, 0.15) is 24.1 Å². The van der Waals surface area contributed by atoms with Gasteiger partial charge in [0, 0.05) is 32.2 Å². The largest absolute Gasteiger partial charge is 0.490 e. The molecule has 0 bridgehead atoms. The fourth-order valence-corrected chi connectivity index (χ4v) is 4.36. The van der Waals surface area contributed by atoms with E-state index >= 15 is 0 Å². The van der Waals surface area contributed by atoms with Crippen LogP contribution in [0.4, 0.5) is 5.69 Å². The fraction of sp³-hybridized carbons (Fsp3) is 0.417. The highest BCUT2D eigenvalue weighted by atomic mass is 35.5. The molecule has 2 aromatic rings. The average molecular weight is 508 g/mol. The zero-order chi connectivity index (χ0) is 24.1. The number of hydrogen-bond donors (Lipinski definition) is 2. The van der Waals surface area contributed by atoms with Gasteiger partial charge in [-0.2, -0.15) is 0 Å². The molecule has 2 heterocycles. The molecule has 4 rings (SSSR count). The Balaban J connectivity index is 1.18. The number of β-amino-alcohol motifs (C(OH)–C–C–N with tert-alkyl or cyclic N) is 1. The van der Waals surface area contributed by atoms with Crippen molar-refractivity contribution in [3.8, 4) is 11.5 Å². The lowest BCUT2D eigenvalue weighted by molar-refractivity contribution is -0.125. The van der Waals surface area contributed by atoms with E-state index in [2.05, 4.69) is 10.2 Å². The summed E-state index contributed by atoms with van der Waals surface area (Å²) in [5.41, 5.74) is 0.570. The summed E-state index contributed by atoms with van der Waals surface area (Å²) in [6.45, 7) is 1.88. The number of rotatable bonds is 8. The molecule has 1 fully saturated rings. The van der Waals surface area contributed by atoms with Gasteiger partial charge in [-0.3, -0.25) is 14.5 Å². The minimum Gasteiger partial charge on any atom is -0.490 e. The first-order chi connectivity index (χ1) is 16.4. The minimum atomic E-state index is -0.718. The summed E-state index contributed by atoms with van der Waals surface area (Å²) in [7, 11) is 0. The van der Waals surface area contributed by atoms with Crippen LogP contribution in [0.2, 0.25) is 10.0 Å². The molecule has 0 aromatic heterocycles. The lowest BCUT2D eigenvalue weighted by Crippen LogP contribution is -2.48. The molecule has 1 saturated heterocycles. The van der Waals surface area contributed by atoms with Crippen molar-refractivity contribution in [2.45, 2.75) is 25.0 Å². The van der Waals surface area contributed by atoms with Crippen LogP contribution in [0.1, 0.15) is 12.8 Å². The van der Waals surface area contributed by atoms with Gasteiger partial charge in [-0.05, 0) is 37.1 Å². The molecular formula is C24H27Cl2N3O5. The van der Waals surface area contributed by atoms with E-state index in [-0.39, 0.29) is 37.6 Å². The topological polar surface area (TPSA) is 91.3 Å². The molecule has 2 aliphatic rings. The lowest BCUT2D eigenvalue weighted by atomic mass is 10.1. The van der Waals surface area contributed by atoms with E-state index in [9.17, 15) is 14.7 Å². The second kappa shape index (κ2) is 11.3. The highest BCUT2D eigenvalue weighted by molar-refractivity contribution is 6.42. The van der Waals surface area contributed by atoms with E-state index in [1.54, 1.807) is 36.4 Å². The number of hydrogen-bond acceptors (Lipinski definition) is 6. The van der Waals surface area contributed by atoms with Crippen LogP contribution >= 0.6 is 23.2 Å². The number of carbonyl (C=O) groups excluding carboxylic acids is 2. The number of nitrogens with one attached hydrogen (secondary N) is 1. The summed E-state index contributed by atoms with van der Waals surface area (Å²) in [5.74, 6) is 0.650. The third-order valence-corrected chi connectivity index (χ3v) is 6.58. The average Bonchev–Trinajstić information content (AvgIpc) is 2.83. The Morgan fingerprint density at radius 2 is 1.94 bits per heavy atom. The third kappa shape index (κ3) is 6.33. The molecule has 0 saturated carbocycles. The number of halogens is 2. The van der Waals surface area contributed by atoms with Crippen LogP contribution in [0.5, 0.6) is 11.5 Å². The highest BCUT2D eigenvalue weighted by Gasteiger charge is 2.27. The number of fused-ring (bicyclic) bond motifs is 1. The van der Waals surface area contributed by atoms with Crippen molar-refractivity contribution >= 4 is 40.7 Å². The number of amides is 2. The zero-order valence-electron chi connectivity index (χ0n) is 18.6. The van der Waals surface area contributed by atoms with Gasteiger partial charge >= 0.3 is 0 Å². The van der Waals surface area contributed by atoms with Gasteiger partial charge in [-0.15, -0.1) is 0 Å². The van der Waals surface area contributed by atoms with Crippen LogP contribution in [0, 0.1) is 0 Å². The molecule has 2 amide bonds. The number of aliphatic hydroxyl groups is 1. The van der Waals surface area contributed by atoms with Crippen LogP contribution in [0.15, 0.2) is 42.5 Å². The quantitative estimate of drug-likeness (QED) is 0.570. The zero-order valence-corrected chi connectivity index (χ0v) is 20.1. The molecule has 1 atom stereocenters. The summed E-state index contributed by atoms with van der Waals surface area (Å²) < 4.78 is 11.4. The maximum absolute atomic E-state index is 12.4. The van der Waals surface area contributed by atoms with Gasteiger partial charge < -0.3 is 24.8 Å². The highest BCUT2D eigenvalue weighted by Crippen LogP contribution is 2.31. The number of para-hydroxylation sites is 2. The van der Waals surface area contributed by atoms with Gasteiger partial charge in [0.25, 0.3) is 5.91 Å². The van der Waals surface area contributed by atoms with Crippen LogP contribution in [-0.4, -0.2) is 73.4 Å². The predicted octanol–water partition coefficient (Wildman–Crippen LogP) is 2.74. The minimum absolute atomic E-state index is 0.0688. The van der Waals surface area contributed by atoms with Crippen LogP contribution in [-0.2, 0) is 9.59 Å². The molecule has 0 radical (unpaired) electrons. The Labute approximate surface area is 208 Å². The number of ether oxygens (including phenoxy) is 2. The van der Waals surface area contributed by atoms with Crippen molar-refractivity contribution in [3.05, 3.63) is 52.5 Å². The van der Waals surface area contributed by atoms with Crippen LogP contribution < -0.4 is 19.7 Å². The van der Waals surface area contributed by atoms with Crippen molar-refractivity contribution < 1.29 is 24.2 Å². The summed E-state index contributed by atoms with van der Waals surface area (Å²) in [4.78, 5) is 28.2. The SMILES string of the molecule is O=C(CN1C(=O)COc2ccccc21)NC[C@@H](O)CN1CCC(Oc2ccc(Cl)c(Cl)c2)CC1. The summed E-state index contributed by atoms with van der Waals surface area (Å²) in [6, 6.07) is 12.3. The van der Waals surface area contributed by atoms with Crippen molar-refractivity contribution in [2.75, 3.05) is 44.2 Å².